The zero-order chi connectivity index (χ0) is 27.9. The molecule has 39 heavy (non-hydrogen) atoms. The lowest BCUT2D eigenvalue weighted by Crippen LogP contribution is -2.32. The molecule has 0 aliphatic carbocycles. The Morgan fingerprint density at radius 1 is 0.872 bits per heavy atom. The number of carbonyl (C=O) groups excluding carboxylic acids is 4. The normalized spacial score (nSPS) is 12.9. The molecule has 0 saturated heterocycles. The van der Waals surface area contributed by atoms with Gasteiger partial charge in [0.25, 0.3) is 17.7 Å². The first-order valence-electron chi connectivity index (χ1n) is 12.3. The van der Waals surface area contributed by atoms with Crippen LogP contribution >= 0.6 is 11.6 Å². The lowest BCUT2D eigenvalue weighted by atomic mass is 10.1. The van der Waals surface area contributed by atoms with Crippen molar-refractivity contribution in [3.63, 3.8) is 0 Å². The minimum absolute atomic E-state index is 0.101. The van der Waals surface area contributed by atoms with Gasteiger partial charge in [-0.3, -0.25) is 14.4 Å². The predicted molar refractivity (Wildman–Crippen MR) is 148 cm³/mol. The van der Waals surface area contributed by atoms with E-state index in [0.717, 1.165) is 4.90 Å². The monoisotopic (exact) mass is 547 g/mol. The van der Waals surface area contributed by atoms with Gasteiger partial charge in [-0.05, 0) is 74.0 Å². The molecular formula is C29H26ClN3O6. The first-order valence-corrected chi connectivity index (χ1v) is 12.7. The number of imide groups is 1. The number of ether oxygens (including phenoxy) is 2. The third-order valence-corrected chi connectivity index (χ3v) is 6.03. The van der Waals surface area contributed by atoms with Crippen LogP contribution in [0.4, 0.5) is 17.1 Å². The molecule has 9 nitrogen and oxygen atoms in total. The summed E-state index contributed by atoms with van der Waals surface area (Å²) in [5, 5.41) is 5.42. The van der Waals surface area contributed by atoms with Gasteiger partial charge in [0.1, 0.15) is 16.5 Å². The zero-order valence-electron chi connectivity index (χ0n) is 21.3. The summed E-state index contributed by atoms with van der Waals surface area (Å²) < 4.78 is 10.6. The second-order valence-corrected chi connectivity index (χ2v) is 8.78. The standard InChI is InChI=1S/C29H26ClN3O6/c1-3-17-39-29(37)19-11-15-21(16-12-19)33-27(35)24(30)25(28(33)36)31-20-13-9-18(10-14-20)26(34)32-22-7-5-6-8-23(22)38-4-2/h5-16,31H,3-4,17H2,1-2H3,(H,32,34). The Hall–Kier alpha value is -4.63. The molecule has 0 atom stereocenters. The van der Waals surface area contributed by atoms with Gasteiger partial charge in [0.2, 0.25) is 0 Å². The van der Waals surface area contributed by atoms with Gasteiger partial charge in [0.15, 0.2) is 0 Å². The van der Waals surface area contributed by atoms with Crippen molar-refractivity contribution in [1.82, 2.24) is 0 Å². The zero-order valence-corrected chi connectivity index (χ0v) is 22.1. The number of benzene rings is 3. The van der Waals surface area contributed by atoms with Gasteiger partial charge in [-0.2, -0.15) is 0 Å². The van der Waals surface area contributed by atoms with Crippen molar-refractivity contribution in [2.24, 2.45) is 0 Å². The number of nitrogens with one attached hydrogen (secondary N) is 2. The molecule has 1 aliphatic heterocycles. The van der Waals surface area contributed by atoms with Crippen molar-refractivity contribution in [3.05, 3.63) is 94.7 Å². The van der Waals surface area contributed by atoms with Crippen LogP contribution in [-0.2, 0) is 14.3 Å². The van der Waals surface area contributed by atoms with Crippen LogP contribution in [0.1, 0.15) is 41.0 Å². The Kier molecular flexibility index (Phi) is 8.63. The molecule has 0 aromatic heterocycles. The van der Waals surface area contributed by atoms with Crippen molar-refractivity contribution in [2.45, 2.75) is 20.3 Å². The number of hydrogen-bond donors (Lipinski definition) is 2. The molecule has 0 unspecified atom stereocenters. The van der Waals surface area contributed by atoms with Gasteiger partial charge in [-0.1, -0.05) is 30.7 Å². The first kappa shape index (κ1) is 27.4. The smallest absolute Gasteiger partial charge is 0.338 e. The maximum atomic E-state index is 13.1. The number of nitrogens with zero attached hydrogens (tertiary/aromatic N) is 1. The molecule has 1 aliphatic rings. The number of esters is 1. The lowest BCUT2D eigenvalue weighted by molar-refractivity contribution is -0.120. The molecule has 0 bridgehead atoms. The molecule has 0 fully saturated rings. The largest absolute Gasteiger partial charge is 0.492 e. The van der Waals surface area contributed by atoms with E-state index in [1.807, 2.05) is 19.9 Å². The topological polar surface area (TPSA) is 114 Å². The van der Waals surface area contributed by atoms with Gasteiger partial charge >= 0.3 is 5.97 Å². The fraction of sp³-hybridized carbons (Fsp3) is 0.172. The first-order chi connectivity index (χ1) is 18.8. The van der Waals surface area contributed by atoms with E-state index in [4.69, 9.17) is 21.1 Å². The van der Waals surface area contributed by atoms with E-state index >= 15 is 0 Å². The number of rotatable bonds is 10. The van der Waals surface area contributed by atoms with Crippen LogP contribution in [0, 0.1) is 0 Å². The Labute approximate surface area is 230 Å². The van der Waals surface area contributed by atoms with E-state index in [1.165, 1.54) is 24.3 Å². The molecule has 3 aromatic carbocycles. The van der Waals surface area contributed by atoms with Crippen LogP contribution in [-0.4, -0.2) is 36.9 Å². The summed E-state index contributed by atoms with van der Waals surface area (Å²) in [5.74, 6) is -1.62. The Morgan fingerprint density at radius 3 is 2.21 bits per heavy atom. The Balaban J connectivity index is 1.44. The summed E-state index contributed by atoms with van der Waals surface area (Å²) in [6, 6.07) is 19.4. The fourth-order valence-electron chi connectivity index (χ4n) is 3.77. The highest BCUT2D eigenvalue weighted by molar-refractivity contribution is 6.53. The average molecular weight is 548 g/mol. The highest BCUT2D eigenvalue weighted by atomic mass is 35.5. The van der Waals surface area contributed by atoms with E-state index in [9.17, 15) is 19.2 Å². The van der Waals surface area contributed by atoms with E-state index in [1.54, 1.807) is 42.5 Å². The summed E-state index contributed by atoms with van der Waals surface area (Å²) >= 11 is 6.22. The minimum Gasteiger partial charge on any atom is -0.492 e. The maximum Gasteiger partial charge on any atom is 0.338 e. The average Bonchev–Trinajstić information content (AvgIpc) is 3.16. The number of carbonyl (C=O) groups is 4. The van der Waals surface area contributed by atoms with Crippen molar-refractivity contribution in [1.29, 1.82) is 0 Å². The van der Waals surface area contributed by atoms with E-state index in [2.05, 4.69) is 10.6 Å². The van der Waals surface area contributed by atoms with Crippen LogP contribution in [0.15, 0.2) is 83.5 Å². The van der Waals surface area contributed by atoms with Gasteiger partial charge in [-0.15, -0.1) is 0 Å². The SMILES string of the molecule is CCCOC(=O)c1ccc(N2C(=O)C(Cl)=C(Nc3ccc(C(=O)Nc4ccccc4OCC)cc3)C2=O)cc1. The number of para-hydroxylation sites is 2. The molecule has 0 saturated carbocycles. The summed E-state index contributed by atoms with van der Waals surface area (Å²) in [4.78, 5) is 51.6. The number of halogens is 1. The van der Waals surface area contributed by atoms with Gasteiger partial charge in [0, 0.05) is 11.3 Å². The second kappa shape index (κ2) is 12.3. The lowest BCUT2D eigenvalue weighted by Gasteiger charge is -2.15. The highest BCUT2D eigenvalue weighted by Crippen LogP contribution is 2.31. The van der Waals surface area contributed by atoms with Crippen molar-refractivity contribution in [2.75, 3.05) is 28.7 Å². The van der Waals surface area contributed by atoms with Crippen molar-refractivity contribution < 1.29 is 28.7 Å². The predicted octanol–water partition coefficient (Wildman–Crippen LogP) is 5.34. The third kappa shape index (κ3) is 6.10. The van der Waals surface area contributed by atoms with Crippen molar-refractivity contribution in [3.8, 4) is 5.75 Å². The highest BCUT2D eigenvalue weighted by Gasteiger charge is 2.39. The molecule has 3 aromatic rings. The summed E-state index contributed by atoms with van der Waals surface area (Å²) in [5.41, 5.74) is 1.83. The number of anilines is 3. The van der Waals surface area contributed by atoms with Crippen LogP contribution in [0.5, 0.6) is 5.75 Å². The number of hydrogen-bond acceptors (Lipinski definition) is 7. The fourth-order valence-corrected chi connectivity index (χ4v) is 3.98. The van der Waals surface area contributed by atoms with E-state index in [-0.39, 0.29) is 22.3 Å². The minimum atomic E-state index is -0.700. The van der Waals surface area contributed by atoms with Gasteiger partial charge in [-0.25, -0.2) is 9.69 Å². The molecule has 4 rings (SSSR count). The maximum absolute atomic E-state index is 13.1. The van der Waals surface area contributed by atoms with E-state index < -0.39 is 17.8 Å². The quantitative estimate of drug-likeness (QED) is 0.260. The molecule has 200 valence electrons. The summed E-state index contributed by atoms with van der Waals surface area (Å²) in [6.07, 6.45) is 0.694. The third-order valence-electron chi connectivity index (χ3n) is 5.68. The molecule has 0 spiro atoms. The molecule has 3 amide bonds. The van der Waals surface area contributed by atoms with Crippen LogP contribution < -0.4 is 20.3 Å². The molecule has 2 N–H and O–H groups in total. The van der Waals surface area contributed by atoms with Crippen LogP contribution in [0.3, 0.4) is 0 Å². The second-order valence-electron chi connectivity index (χ2n) is 8.40. The molecule has 10 heteroatoms. The Bertz CT molecular complexity index is 1430. The number of amides is 3. The van der Waals surface area contributed by atoms with Crippen molar-refractivity contribution >= 4 is 52.4 Å². The molecular weight excluding hydrogens is 522 g/mol. The molecule has 1 heterocycles. The van der Waals surface area contributed by atoms with Gasteiger partial charge < -0.3 is 20.1 Å². The molecule has 0 radical (unpaired) electrons. The summed E-state index contributed by atoms with van der Waals surface area (Å²) in [7, 11) is 0. The van der Waals surface area contributed by atoms with Gasteiger partial charge in [0.05, 0.1) is 30.2 Å². The Morgan fingerprint density at radius 2 is 1.54 bits per heavy atom. The van der Waals surface area contributed by atoms with Crippen LogP contribution in [0.2, 0.25) is 0 Å². The van der Waals surface area contributed by atoms with E-state index in [0.29, 0.717) is 47.9 Å². The van der Waals surface area contributed by atoms with Crippen LogP contribution in [0.25, 0.3) is 0 Å². The summed E-state index contributed by atoms with van der Waals surface area (Å²) in [6.45, 7) is 4.50.